The average Bonchev–Trinajstić information content (AvgIpc) is 3.05. The van der Waals surface area contributed by atoms with Gasteiger partial charge in [0.25, 0.3) is 0 Å². The molecule has 3 heteroatoms. The van der Waals surface area contributed by atoms with Crippen LogP contribution < -0.4 is 10.2 Å². The lowest BCUT2D eigenvalue weighted by atomic mass is 10.0. The molecule has 0 bridgehead atoms. The van der Waals surface area contributed by atoms with Crippen LogP contribution >= 0.6 is 0 Å². The van der Waals surface area contributed by atoms with Gasteiger partial charge in [-0.3, -0.25) is 0 Å². The van der Waals surface area contributed by atoms with Gasteiger partial charge in [0.05, 0.1) is 11.9 Å². The molecule has 0 radical (unpaired) electrons. The number of pyridine rings is 1. The maximum atomic E-state index is 4.74. The number of anilines is 2. The van der Waals surface area contributed by atoms with Crippen LogP contribution in [0.3, 0.4) is 0 Å². The summed E-state index contributed by atoms with van der Waals surface area (Å²) in [6, 6.07) is 6.88. The van der Waals surface area contributed by atoms with Crippen LogP contribution in [0.1, 0.15) is 38.2 Å². The minimum atomic E-state index is 1.12. The van der Waals surface area contributed by atoms with Crippen molar-refractivity contribution >= 4 is 22.3 Å². The van der Waals surface area contributed by atoms with E-state index in [2.05, 4.69) is 35.3 Å². The summed E-state index contributed by atoms with van der Waals surface area (Å²) in [6.45, 7) is 4.53. The van der Waals surface area contributed by atoms with Gasteiger partial charge >= 0.3 is 0 Å². The maximum Gasteiger partial charge on any atom is 0.136 e. The van der Waals surface area contributed by atoms with Crippen LogP contribution in [0, 0.1) is 0 Å². The van der Waals surface area contributed by atoms with E-state index in [4.69, 9.17) is 4.98 Å². The first kappa shape index (κ1) is 14.2. The predicted molar refractivity (Wildman–Crippen MR) is 91.3 cm³/mol. The molecule has 1 aliphatic rings. The molecular weight excluding hydrogens is 258 g/mol. The van der Waals surface area contributed by atoms with Crippen molar-refractivity contribution in [1.82, 2.24) is 4.98 Å². The Kier molecular flexibility index (Phi) is 4.28. The Morgan fingerprint density at radius 2 is 2.00 bits per heavy atom. The van der Waals surface area contributed by atoms with Gasteiger partial charge in [-0.1, -0.05) is 25.5 Å². The van der Waals surface area contributed by atoms with Crippen molar-refractivity contribution in [3.8, 4) is 0 Å². The number of nitrogens with zero attached hydrogens (tertiary/aromatic N) is 2. The number of fused-ring (bicyclic) bond motifs is 1. The van der Waals surface area contributed by atoms with Gasteiger partial charge in [-0.2, -0.15) is 0 Å². The zero-order chi connectivity index (χ0) is 14.7. The van der Waals surface area contributed by atoms with Crippen LogP contribution in [0.5, 0.6) is 0 Å². The van der Waals surface area contributed by atoms with E-state index < -0.39 is 0 Å². The molecule has 0 saturated carbocycles. The third-order valence-electron chi connectivity index (χ3n) is 4.42. The van der Waals surface area contributed by atoms with Gasteiger partial charge in [-0.05, 0) is 37.3 Å². The SMILES string of the molecule is CCCCc1ccc2c(NC)cnc(N3CCCC3)c2c1. The second kappa shape index (κ2) is 6.33. The first-order chi connectivity index (χ1) is 10.3. The Morgan fingerprint density at radius 1 is 1.19 bits per heavy atom. The van der Waals surface area contributed by atoms with E-state index in [1.807, 2.05) is 13.2 Å². The Labute approximate surface area is 127 Å². The Balaban J connectivity index is 2.08. The maximum absolute atomic E-state index is 4.74. The summed E-state index contributed by atoms with van der Waals surface area (Å²) < 4.78 is 0. The molecule has 1 aromatic heterocycles. The number of aromatic nitrogens is 1. The molecule has 1 fully saturated rings. The number of rotatable bonds is 5. The average molecular weight is 283 g/mol. The fourth-order valence-corrected chi connectivity index (χ4v) is 3.19. The number of hydrogen-bond acceptors (Lipinski definition) is 3. The first-order valence-corrected chi connectivity index (χ1v) is 8.18. The highest BCUT2D eigenvalue weighted by Crippen LogP contribution is 2.32. The Hall–Kier alpha value is -1.77. The molecule has 3 rings (SSSR count). The van der Waals surface area contributed by atoms with Crippen molar-refractivity contribution in [2.45, 2.75) is 39.0 Å². The van der Waals surface area contributed by atoms with Gasteiger partial charge in [0, 0.05) is 30.9 Å². The van der Waals surface area contributed by atoms with E-state index in [0.717, 1.165) is 25.2 Å². The highest BCUT2D eigenvalue weighted by Gasteiger charge is 2.17. The third-order valence-corrected chi connectivity index (χ3v) is 4.42. The van der Waals surface area contributed by atoms with Crippen molar-refractivity contribution in [1.29, 1.82) is 0 Å². The molecule has 0 spiro atoms. The second-order valence-electron chi connectivity index (χ2n) is 5.92. The van der Waals surface area contributed by atoms with Gasteiger partial charge in [0.1, 0.15) is 5.82 Å². The molecule has 2 heterocycles. The molecule has 2 aromatic rings. The van der Waals surface area contributed by atoms with Crippen molar-refractivity contribution in [3.63, 3.8) is 0 Å². The van der Waals surface area contributed by atoms with Gasteiger partial charge < -0.3 is 10.2 Å². The van der Waals surface area contributed by atoms with E-state index in [1.54, 1.807) is 0 Å². The topological polar surface area (TPSA) is 28.2 Å². The molecule has 1 N–H and O–H groups in total. The number of unbranched alkanes of at least 4 members (excludes halogenated alkanes) is 1. The van der Waals surface area contributed by atoms with Crippen molar-refractivity contribution in [2.24, 2.45) is 0 Å². The summed E-state index contributed by atoms with van der Waals surface area (Å²) >= 11 is 0. The van der Waals surface area contributed by atoms with Crippen LogP contribution in [-0.2, 0) is 6.42 Å². The monoisotopic (exact) mass is 283 g/mol. The van der Waals surface area contributed by atoms with Gasteiger partial charge in [-0.25, -0.2) is 4.98 Å². The largest absolute Gasteiger partial charge is 0.386 e. The predicted octanol–water partition coefficient (Wildman–Crippen LogP) is 4.22. The second-order valence-corrected chi connectivity index (χ2v) is 5.92. The van der Waals surface area contributed by atoms with E-state index in [9.17, 15) is 0 Å². The summed E-state index contributed by atoms with van der Waals surface area (Å²) in [7, 11) is 1.97. The van der Waals surface area contributed by atoms with Crippen LogP contribution in [0.2, 0.25) is 0 Å². The highest BCUT2D eigenvalue weighted by molar-refractivity contribution is 6.00. The first-order valence-electron chi connectivity index (χ1n) is 8.18. The zero-order valence-electron chi connectivity index (χ0n) is 13.2. The van der Waals surface area contributed by atoms with Gasteiger partial charge in [-0.15, -0.1) is 0 Å². The smallest absolute Gasteiger partial charge is 0.136 e. The molecular formula is C18H25N3. The summed E-state index contributed by atoms with van der Waals surface area (Å²) in [4.78, 5) is 7.18. The van der Waals surface area contributed by atoms with Crippen LogP contribution in [0.15, 0.2) is 24.4 Å². The minimum Gasteiger partial charge on any atom is -0.386 e. The van der Waals surface area contributed by atoms with E-state index >= 15 is 0 Å². The molecule has 0 aliphatic carbocycles. The fraction of sp³-hybridized carbons (Fsp3) is 0.500. The van der Waals surface area contributed by atoms with Crippen molar-refractivity contribution < 1.29 is 0 Å². The molecule has 0 unspecified atom stereocenters. The Bertz CT molecular complexity index is 615. The molecule has 1 aliphatic heterocycles. The summed E-state index contributed by atoms with van der Waals surface area (Å²) in [6.07, 6.45) is 8.20. The normalized spacial score (nSPS) is 14.9. The van der Waals surface area contributed by atoms with E-state index in [1.165, 1.54) is 47.8 Å². The molecule has 112 valence electrons. The van der Waals surface area contributed by atoms with E-state index in [-0.39, 0.29) is 0 Å². The highest BCUT2D eigenvalue weighted by atomic mass is 15.2. The van der Waals surface area contributed by atoms with Crippen LogP contribution in [0.4, 0.5) is 11.5 Å². The lowest BCUT2D eigenvalue weighted by molar-refractivity contribution is 0.796. The number of nitrogens with one attached hydrogen (secondary N) is 1. The quantitative estimate of drug-likeness (QED) is 0.890. The van der Waals surface area contributed by atoms with Gasteiger partial charge in [0.2, 0.25) is 0 Å². The fourth-order valence-electron chi connectivity index (χ4n) is 3.19. The van der Waals surface area contributed by atoms with Crippen molar-refractivity contribution in [3.05, 3.63) is 30.0 Å². The number of aryl methyl sites for hydroxylation is 1. The molecule has 3 nitrogen and oxygen atoms in total. The molecule has 0 atom stereocenters. The van der Waals surface area contributed by atoms with Crippen LogP contribution in [0.25, 0.3) is 10.8 Å². The van der Waals surface area contributed by atoms with E-state index in [0.29, 0.717) is 0 Å². The lowest BCUT2D eigenvalue weighted by Crippen LogP contribution is -2.19. The molecule has 0 amide bonds. The summed E-state index contributed by atoms with van der Waals surface area (Å²) in [5.41, 5.74) is 2.55. The standard InChI is InChI=1S/C18H25N3/c1-3-4-7-14-8-9-15-16(12-14)18(20-13-17(15)19-2)21-10-5-6-11-21/h8-9,12-13,19H,3-7,10-11H2,1-2H3. The lowest BCUT2D eigenvalue weighted by Gasteiger charge is -2.20. The third kappa shape index (κ3) is 2.82. The molecule has 1 saturated heterocycles. The number of hydrogen-bond donors (Lipinski definition) is 1. The minimum absolute atomic E-state index is 1.12. The molecule has 1 aromatic carbocycles. The van der Waals surface area contributed by atoms with Crippen LogP contribution in [-0.4, -0.2) is 25.1 Å². The van der Waals surface area contributed by atoms with Gasteiger partial charge in [0.15, 0.2) is 0 Å². The summed E-state index contributed by atoms with van der Waals surface area (Å²) in [5, 5.41) is 5.86. The number of benzene rings is 1. The summed E-state index contributed by atoms with van der Waals surface area (Å²) in [5.74, 6) is 1.17. The Morgan fingerprint density at radius 3 is 2.71 bits per heavy atom. The zero-order valence-corrected chi connectivity index (χ0v) is 13.2. The molecule has 21 heavy (non-hydrogen) atoms. The van der Waals surface area contributed by atoms with Crippen molar-refractivity contribution in [2.75, 3.05) is 30.4 Å².